The summed E-state index contributed by atoms with van der Waals surface area (Å²) < 4.78 is 5.51. The molecule has 0 spiro atoms. The molecule has 2 heteroatoms. The summed E-state index contributed by atoms with van der Waals surface area (Å²) in [4.78, 5) is 12.0. The van der Waals surface area contributed by atoms with Gasteiger partial charge >= 0.3 is 0 Å². The van der Waals surface area contributed by atoms with Gasteiger partial charge in [-0.3, -0.25) is 4.79 Å². The topological polar surface area (TPSA) is 26.3 Å². The third-order valence-corrected chi connectivity index (χ3v) is 3.33. The molecular weight excluding hydrogens is 176 g/mol. The van der Waals surface area contributed by atoms with Crippen LogP contribution < -0.4 is 0 Å². The minimum Gasteiger partial charge on any atom is -0.370 e. The molecule has 0 radical (unpaired) electrons. The molecule has 1 rings (SSSR count). The van der Waals surface area contributed by atoms with E-state index in [0.29, 0.717) is 18.1 Å². The van der Waals surface area contributed by atoms with Crippen molar-refractivity contribution in [2.24, 2.45) is 5.92 Å². The molecule has 0 aliphatic heterocycles. The Hall–Kier alpha value is -0.370. The van der Waals surface area contributed by atoms with E-state index in [1.165, 1.54) is 6.42 Å². The van der Waals surface area contributed by atoms with Crippen molar-refractivity contribution in [2.45, 2.75) is 58.0 Å². The lowest BCUT2D eigenvalue weighted by Crippen LogP contribution is -2.44. The van der Waals surface area contributed by atoms with Crippen LogP contribution in [-0.2, 0) is 9.53 Å². The summed E-state index contributed by atoms with van der Waals surface area (Å²) >= 11 is 0. The van der Waals surface area contributed by atoms with Gasteiger partial charge in [0.1, 0.15) is 5.60 Å². The van der Waals surface area contributed by atoms with Gasteiger partial charge in [-0.15, -0.1) is 0 Å². The molecule has 1 aliphatic rings. The van der Waals surface area contributed by atoms with Crippen LogP contribution in [0, 0.1) is 5.92 Å². The Bertz CT molecular complexity index is 200. The van der Waals surface area contributed by atoms with Crippen molar-refractivity contribution >= 4 is 5.78 Å². The first-order chi connectivity index (χ1) is 6.64. The van der Waals surface area contributed by atoms with Gasteiger partial charge in [0.2, 0.25) is 0 Å². The van der Waals surface area contributed by atoms with Crippen LogP contribution in [0.4, 0.5) is 0 Å². The number of ether oxygens (including phenoxy) is 1. The fourth-order valence-corrected chi connectivity index (χ4v) is 2.51. The van der Waals surface area contributed by atoms with Gasteiger partial charge < -0.3 is 4.74 Å². The van der Waals surface area contributed by atoms with Crippen molar-refractivity contribution in [3.8, 4) is 0 Å². The molecule has 1 aliphatic carbocycles. The Morgan fingerprint density at radius 1 is 1.57 bits per heavy atom. The summed E-state index contributed by atoms with van der Waals surface area (Å²) in [6.07, 6.45) is 5.81. The SMILES string of the molecule is CCCC(=O)C1(OC)CCCC(C)C1. The fraction of sp³-hybridized carbons (Fsp3) is 0.917. The van der Waals surface area contributed by atoms with Crippen LogP contribution in [0.25, 0.3) is 0 Å². The smallest absolute Gasteiger partial charge is 0.164 e. The highest BCUT2D eigenvalue weighted by molar-refractivity contribution is 5.87. The van der Waals surface area contributed by atoms with Crippen LogP contribution in [0.15, 0.2) is 0 Å². The Morgan fingerprint density at radius 3 is 2.79 bits per heavy atom. The molecule has 2 atom stereocenters. The van der Waals surface area contributed by atoms with E-state index in [1.54, 1.807) is 7.11 Å². The van der Waals surface area contributed by atoms with Crippen LogP contribution in [0.5, 0.6) is 0 Å². The minimum absolute atomic E-state index is 0.314. The van der Waals surface area contributed by atoms with E-state index in [1.807, 2.05) is 6.92 Å². The van der Waals surface area contributed by atoms with Gasteiger partial charge in [0, 0.05) is 13.5 Å². The maximum absolute atomic E-state index is 12.0. The van der Waals surface area contributed by atoms with E-state index in [-0.39, 0.29) is 0 Å². The highest BCUT2D eigenvalue weighted by Gasteiger charge is 2.40. The zero-order chi connectivity index (χ0) is 10.6. The molecule has 0 bridgehead atoms. The highest BCUT2D eigenvalue weighted by Crippen LogP contribution is 2.36. The quantitative estimate of drug-likeness (QED) is 0.694. The molecule has 0 aromatic heterocycles. The Labute approximate surface area is 87.0 Å². The second kappa shape index (κ2) is 4.92. The van der Waals surface area contributed by atoms with Crippen LogP contribution >= 0.6 is 0 Å². The van der Waals surface area contributed by atoms with Gasteiger partial charge in [0.15, 0.2) is 5.78 Å². The van der Waals surface area contributed by atoms with Crippen molar-refractivity contribution < 1.29 is 9.53 Å². The number of hydrogen-bond acceptors (Lipinski definition) is 2. The van der Waals surface area contributed by atoms with Crippen molar-refractivity contribution in [1.82, 2.24) is 0 Å². The number of carbonyl (C=O) groups excluding carboxylic acids is 1. The lowest BCUT2D eigenvalue weighted by Gasteiger charge is -2.37. The average Bonchev–Trinajstić information content (AvgIpc) is 2.18. The third-order valence-electron chi connectivity index (χ3n) is 3.33. The van der Waals surface area contributed by atoms with Crippen molar-refractivity contribution in [3.63, 3.8) is 0 Å². The Morgan fingerprint density at radius 2 is 2.29 bits per heavy atom. The second-order valence-electron chi connectivity index (χ2n) is 4.57. The number of ketones is 1. The minimum atomic E-state index is -0.437. The molecule has 0 aromatic carbocycles. The molecule has 2 nitrogen and oxygen atoms in total. The molecule has 2 unspecified atom stereocenters. The first kappa shape index (κ1) is 11.7. The zero-order valence-electron chi connectivity index (χ0n) is 9.64. The van der Waals surface area contributed by atoms with Crippen molar-refractivity contribution in [1.29, 1.82) is 0 Å². The summed E-state index contributed by atoms with van der Waals surface area (Å²) in [5, 5.41) is 0. The molecule has 0 aromatic rings. The van der Waals surface area contributed by atoms with Gasteiger partial charge in [0.25, 0.3) is 0 Å². The number of Topliss-reactive ketones (excluding diaryl/α,β-unsaturated/α-hetero) is 1. The standard InChI is InChI=1S/C12H22O2/c1-4-6-11(13)12(14-3)8-5-7-10(2)9-12/h10H,4-9H2,1-3H3. The van der Waals surface area contributed by atoms with E-state index in [2.05, 4.69) is 6.92 Å². The maximum Gasteiger partial charge on any atom is 0.164 e. The molecule has 1 saturated carbocycles. The van der Waals surface area contributed by atoms with Crippen molar-refractivity contribution in [3.05, 3.63) is 0 Å². The summed E-state index contributed by atoms with van der Waals surface area (Å²) in [5.74, 6) is 0.943. The highest BCUT2D eigenvalue weighted by atomic mass is 16.5. The summed E-state index contributed by atoms with van der Waals surface area (Å²) in [6, 6.07) is 0. The van der Waals surface area contributed by atoms with Gasteiger partial charge in [-0.05, 0) is 31.6 Å². The molecule has 0 N–H and O–H groups in total. The van der Waals surface area contributed by atoms with Crippen molar-refractivity contribution in [2.75, 3.05) is 7.11 Å². The van der Waals surface area contributed by atoms with E-state index in [9.17, 15) is 4.79 Å². The molecule has 0 saturated heterocycles. The summed E-state index contributed by atoms with van der Waals surface area (Å²) in [6.45, 7) is 4.26. The molecule has 1 fully saturated rings. The molecular formula is C12H22O2. The number of rotatable bonds is 4. The molecule has 82 valence electrons. The monoisotopic (exact) mass is 198 g/mol. The van der Waals surface area contributed by atoms with Gasteiger partial charge in [-0.25, -0.2) is 0 Å². The van der Waals surface area contributed by atoms with Gasteiger partial charge in [0.05, 0.1) is 0 Å². The van der Waals surface area contributed by atoms with E-state index in [0.717, 1.165) is 25.7 Å². The molecule has 14 heavy (non-hydrogen) atoms. The number of carbonyl (C=O) groups is 1. The first-order valence-corrected chi connectivity index (χ1v) is 5.73. The number of methoxy groups -OCH3 is 1. The first-order valence-electron chi connectivity index (χ1n) is 5.73. The predicted octanol–water partition coefficient (Wildman–Crippen LogP) is 2.95. The van der Waals surface area contributed by atoms with E-state index < -0.39 is 5.60 Å². The predicted molar refractivity (Wildman–Crippen MR) is 57.3 cm³/mol. The second-order valence-corrected chi connectivity index (χ2v) is 4.57. The number of hydrogen-bond donors (Lipinski definition) is 0. The average molecular weight is 198 g/mol. The van der Waals surface area contributed by atoms with Crippen LogP contribution in [0.2, 0.25) is 0 Å². The zero-order valence-corrected chi connectivity index (χ0v) is 9.64. The van der Waals surface area contributed by atoms with Crippen LogP contribution in [0.1, 0.15) is 52.4 Å². The van der Waals surface area contributed by atoms with Crippen LogP contribution in [0.3, 0.4) is 0 Å². The van der Waals surface area contributed by atoms with Crippen LogP contribution in [-0.4, -0.2) is 18.5 Å². The molecule has 0 amide bonds. The lowest BCUT2D eigenvalue weighted by molar-refractivity contribution is -0.147. The largest absolute Gasteiger partial charge is 0.370 e. The Balaban J connectivity index is 2.68. The van der Waals surface area contributed by atoms with E-state index in [4.69, 9.17) is 4.74 Å². The fourth-order valence-electron chi connectivity index (χ4n) is 2.51. The summed E-state index contributed by atoms with van der Waals surface area (Å²) in [5.41, 5.74) is -0.437. The maximum atomic E-state index is 12.0. The third kappa shape index (κ3) is 2.35. The van der Waals surface area contributed by atoms with E-state index >= 15 is 0 Å². The Kier molecular flexibility index (Phi) is 4.11. The lowest BCUT2D eigenvalue weighted by atomic mass is 9.75. The van der Waals surface area contributed by atoms with Gasteiger partial charge in [-0.2, -0.15) is 0 Å². The van der Waals surface area contributed by atoms with Gasteiger partial charge in [-0.1, -0.05) is 20.3 Å². The summed E-state index contributed by atoms with van der Waals surface area (Å²) in [7, 11) is 1.69. The normalized spacial score (nSPS) is 32.9. The molecule has 0 heterocycles.